The summed E-state index contributed by atoms with van der Waals surface area (Å²) in [5.41, 5.74) is 4.36. The van der Waals surface area contributed by atoms with E-state index in [4.69, 9.17) is 11.6 Å². The molecule has 30 heavy (non-hydrogen) atoms. The first-order chi connectivity index (χ1) is 14.2. The van der Waals surface area contributed by atoms with E-state index in [9.17, 15) is 10.1 Å². The van der Waals surface area contributed by atoms with Crippen molar-refractivity contribution in [2.24, 2.45) is 0 Å². The first-order valence-electron chi connectivity index (χ1n) is 9.88. The van der Waals surface area contributed by atoms with Crippen LogP contribution >= 0.6 is 11.6 Å². The highest BCUT2D eigenvalue weighted by molar-refractivity contribution is 6.31. The number of H-pyrrole nitrogens is 1. The largest absolute Gasteiger partial charge is 0.361 e. The van der Waals surface area contributed by atoms with Crippen molar-refractivity contribution in [2.75, 3.05) is 0 Å². The van der Waals surface area contributed by atoms with Crippen LogP contribution in [0.1, 0.15) is 43.4 Å². The maximum Gasteiger partial charge on any atom is 0.273 e. The molecule has 0 saturated carbocycles. The van der Waals surface area contributed by atoms with Crippen LogP contribution in [0, 0.1) is 10.1 Å². The molecule has 4 rings (SSSR count). The van der Waals surface area contributed by atoms with E-state index in [1.165, 1.54) is 5.56 Å². The van der Waals surface area contributed by atoms with Crippen LogP contribution in [0.4, 0.5) is 0 Å². The third-order valence-electron chi connectivity index (χ3n) is 5.49. The van der Waals surface area contributed by atoms with Gasteiger partial charge in [-0.1, -0.05) is 56.6 Å². The number of fused-ring (bicyclic) bond motifs is 1. The van der Waals surface area contributed by atoms with Gasteiger partial charge in [0, 0.05) is 34.9 Å². The molecule has 154 valence electrons. The maximum absolute atomic E-state index is 11.9. The fraction of sp³-hybridized carbons (Fsp3) is 0.250. The third-order valence-corrected chi connectivity index (χ3v) is 5.73. The summed E-state index contributed by atoms with van der Waals surface area (Å²) < 4.78 is 0. The van der Waals surface area contributed by atoms with Gasteiger partial charge in [0.15, 0.2) is 0 Å². The molecule has 1 N–H and O–H groups in total. The van der Waals surface area contributed by atoms with Gasteiger partial charge in [0.1, 0.15) is 0 Å². The molecule has 5 nitrogen and oxygen atoms in total. The highest BCUT2D eigenvalue weighted by Crippen LogP contribution is 2.36. The van der Waals surface area contributed by atoms with E-state index in [-0.39, 0.29) is 16.0 Å². The number of aromatic nitrogens is 1. The van der Waals surface area contributed by atoms with E-state index in [0.29, 0.717) is 11.6 Å². The van der Waals surface area contributed by atoms with Crippen molar-refractivity contribution in [3.63, 3.8) is 0 Å². The number of allylic oxidation sites excluding steroid dienone is 1. The fourth-order valence-electron chi connectivity index (χ4n) is 3.80. The van der Waals surface area contributed by atoms with Crippen LogP contribution in [0.2, 0.25) is 5.02 Å². The molecule has 0 bridgehead atoms. The molecule has 1 atom stereocenters. The Morgan fingerprint density at radius 3 is 2.57 bits per heavy atom. The summed E-state index contributed by atoms with van der Waals surface area (Å²) in [7, 11) is 0. The minimum absolute atomic E-state index is 0.0949. The summed E-state index contributed by atoms with van der Waals surface area (Å²) in [5, 5.41) is 13.4. The second-order valence-electron chi connectivity index (χ2n) is 8.68. The molecule has 0 spiro atoms. The van der Waals surface area contributed by atoms with Crippen LogP contribution in [-0.4, -0.2) is 14.8 Å². The quantitative estimate of drug-likeness (QED) is 0.394. The molecule has 1 aromatic heterocycles. The van der Waals surface area contributed by atoms with Gasteiger partial charge in [-0.15, -0.1) is 0 Å². The van der Waals surface area contributed by atoms with Gasteiger partial charge in [-0.3, -0.25) is 10.1 Å². The van der Waals surface area contributed by atoms with Crippen LogP contribution in [-0.2, 0) is 12.0 Å². The minimum atomic E-state index is -0.438. The van der Waals surface area contributed by atoms with Gasteiger partial charge >= 0.3 is 0 Å². The lowest BCUT2D eigenvalue weighted by atomic mass is 9.87. The van der Waals surface area contributed by atoms with Crippen molar-refractivity contribution < 1.29 is 4.92 Å². The molecule has 3 aromatic rings. The van der Waals surface area contributed by atoms with E-state index >= 15 is 0 Å². The Morgan fingerprint density at radius 2 is 1.90 bits per heavy atom. The zero-order valence-electron chi connectivity index (χ0n) is 17.2. The Balaban J connectivity index is 1.61. The maximum atomic E-state index is 11.9. The van der Waals surface area contributed by atoms with Crippen molar-refractivity contribution in [3.05, 3.63) is 105 Å². The molecular formula is C24H24ClN3O2. The molecule has 0 unspecified atom stereocenters. The molecule has 0 radical (unpaired) electrons. The lowest BCUT2D eigenvalue weighted by Gasteiger charge is -2.23. The van der Waals surface area contributed by atoms with E-state index in [1.807, 2.05) is 35.5 Å². The molecule has 1 aliphatic rings. The number of aromatic amines is 1. The summed E-state index contributed by atoms with van der Waals surface area (Å²) in [5.74, 6) is -0.438. The van der Waals surface area contributed by atoms with Gasteiger partial charge in [0.25, 0.3) is 5.70 Å². The standard InChI is InChI=1S/C24H24ClN3O2/c1-24(2,3)17-6-4-16(5-7-17)14-27-11-10-19(23(15-27)28(29)30)21-13-26-22-9-8-18(25)12-20(21)22/h4-13,15,19,26H,14H2,1-3H3/t19-/m0/s1. The first kappa shape index (κ1) is 20.2. The molecule has 2 aromatic carbocycles. The normalized spacial score (nSPS) is 16.7. The summed E-state index contributed by atoms with van der Waals surface area (Å²) >= 11 is 6.15. The van der Waals surface area contributed by atoms with Gasteiger partial charge in [0.05, 0.1) is 17.0 Å². The summed E-state index contributed by atoms with van der Waals surface area (Å²) in [6.45, 7) is 7.11. The van der Waals surface area contributed by atoms with Gasteiger partial charge in [-0.25, -0.2) is 0 Å². The predicted molar refractivity (Wildman–Crippen MR) is 121 cm³/mol. The van der Waals surface area contributed by atoms with Gasteiger partial charge < -0.3 is 9.88 Å². The molecule has 2 heterocycles. The number of rotatable bonds is 4. The lowest BCUT2D eigenvalue weighted by molar-refractivity contribution is -0.430. The molecule has 0 amide bonds. The summed E-state index contributed by atoms with van der Waals surface area (Å²) in [4.78, 5) is 16.6. The fourth-order valence-corrected chi connectivity index (χ4v) is 3.98. The second kappa shape index (κ2) is 7.65. The van der Waals surface area contributed by atoms with E-state index in [1.54, 1.807) is 12.3 Å². The second-order valence-corrected chi connectivity index (χ2v) is 9.12. The highest BCUT2D eigenvalue weighted by Gasteiger charge is 2.30. The Labute approximate surface area is 180 Å². The number of benzene rings is 2. The van der Waals surface area contributed by atoms with Crippen molar-refractivity contribution in [1.29, 1.82) is 0 Å². The highest BCUT2D eigenvalue weighted by atomic mass is 35.5. The number of nitrogens with one attached hydrogen (secondary N) is 1. The molecular weight excluding hydrogens is 398 g/mol. The van der Waals surface area contributed by atoms with Crippen molar-refractivity contribution >= 4 is 22.5 Å². The number of halogens is 1. The lowest BCUT2D eigenvalue weighted by Crippen LogP contribution is -2.20. The van der Waals surface area contributed by atoms with Gasteiger partial charge in [0.2, 0.25) is 0 Å². The van der Waals surface area contributed by atoms with Gasteiger partial charge in [-0.05, 0) is 46.4 Å². The molecule has 0 fully saturated rings. The first-order valence-corrected chi connectivity index (χ1v) is 10.3. The Kier molecular flexibility index (Phi) is 5.16. The summed E-state index contributed by atoms with van der Waals surface area (Å²) in [6, 6.07) is 14.0. The average Bonchev–Trinajstić information content (AvgIpc) is 3.10. The van der Waals surface area contributed by atoms with E-state index in [0.717, 1.165) is 22.0 Å². The minimum Gasteiger partial charge on any atom is -0.361 e. The smallest absolute Gasteiger partial charge is 0.273 e. The Bertz CT molecular complexity index is 1150. The van der Waals surface area contributed by atoms with Crippen molar-refractivity contribution in [2.45, 2.75) is 38.6 Å². The van der Waals surface area contributed by atoms with Crippen LogP contribution in [0.15, 0.2) is 72.8 Å². The summed E-state index contributed by atoms with van der Waals surface area (Å²) in [6.07, 6.45) is 7.25. The van der Waals surface area contributed by atoms with E-state index < -0.39 is 5.92 Å². The molecule has 0 aliphatic carbocycles. The monoisotopic (exact) mass is 421 g/mol. The zero-order valence-corrected chi connectivity index (χ0v) is 18.0. The van der Waals surface area contributed by atoms with Crippen LogP contribution in [0.5, 0.6) is 0 Å². The number of hydrogen-bond donors (Lipinski definition) is 1. The van der Waals surface area contributed by atoms with Crippen molar-refractivity contribution in [1.82, 2.24) is 9.88 Å². The average molecular weight is 422 g/mol. The SMILES string of the molecule is CC(C)(C)c1ccc(CN2C=C[C@@H](c3c[nH]c4ccc(Cl)cc34)C([N+](=O)[O-])=C2)cc1. The van der Waals surface area contributed by atoms with Crippen LogP contribution in [0.25, 0.3) is 10.9 Å². The number of nitrogens with zero attached hydrogens (tertiary/aromatic N) is 2. The topological polar surface area (TPSA) is 62.2 Å². The predicted octanol–water partition coefficient (Wildman–Crippen LogP) is 6.35. The number of nitro groups is 1. The van der Waals surface area contributed by atoms with Crippen LogP contribution in [0.3, 0.4) is 0 Å². The molecule has 1 aliphatic heterocycles. The van der Waals surface area contributed by atoms with E-state index in [2.05, 4.69) is 50.0 Å². The molecule has 6 heteroatoms. The Morgan fingerprint density at radius 1 is 1.17 bits per heavy atom. The van der Waals surface area contributed by atoms with Crippen LogP contribution < -0.4 is 0 Å². The third kappa shape index (κ3) is 3.98. The zero-order chi connectivity index (χ0) is 21.5. The van der Waals surface area contributed by atoms with Gasteiger partial charge in [-0.2, -0.15) is 0 Å². The Hall–Kier alpha value is -3.05. The number of hydrogen-bond acceptors (Lipinski definition) is 3. The van der Waals surface area contributed by atoms with Crippen molar-refractivity contribution in [3.8, 4) is 0 Å². The molecule has 0 saturated heterocycles.